The van der Waals surface area contributed by atoms with E-state index in [-0.39, 0.29) is 79.3 Å². The Labute approximate surface area is 325 Å². The number of hydrogen-bond acceptors (Lipinski definition) is 13. The van der Waals surface area contributed by atoms with Crippen LogP contribution in [0.3, 0.4) is 0 Å². The molecule has 1 saturated carbocycles. The molecule has 4 aliphatic rings. The number of hydrogen-bond donors (Lipinski definition) is 4. The average molecular weight is 795 g/mol. The first-order valence-electron chi connectivity index (χ1n) is 19.0. The molecule has 0 radical (unpaired) electrons. The third-order valence-electron chi connectivity index (χ3n) is 11.0. The third-order valence-corrected chi connectivity index (χ3v) is 11.0. The minimum absolute atomic E-state index is 0.0319. The third kappa shape index (κ3) is 8.22. The van der Waals surface area contributed by atoms with E-state index in [1.165, 1.54) is 16.8 Å². The number of nitrogens with one attached hydrogen (secondary N) is 3. The van der Waals surface area contributed by atoms with E-state index in [4.69, 9.17) is 9.47 Å². The number of anilines is 2. The molecule has 3 aromatic rings. The highest BCUT2D eigenvalue weighted by atomic mass is 19.3. The monoisotopic (exact) mass is 794 g/mol. The summed E-state index contributed by atoms with van der Waals surface area (Å²) in [5.74, 6) is -2.28. The number of benzene rings is 1. The van der Waals surface area contributed by atoms with Crippen LogP contribution in [0, 0.1) is 0 Å². The van der Waals surface area contributed by atoms with E-state index >= 15 is 0 Å². The quantitative estimate of drug-likeness (QED) is 0.136. The summed E-state index contributed by atoms with van der Waals surface area (Å²) in [5.41, 5.74) is -1.87. The van der Waals surface area contributed by atoms with E-state index in [0.717, 1.165) is 11.0 Å². The summed E-state index contributed by atoms with van der Waals surface area (Å²) in [7, 11) is 0. The van der Waals surface area contributed by atoms with E-state index in [0.29, 0.717) is 57.4 Å². The van der Waals surface area contributed by atoms with Crippen LogP contribution in [-0.4, -0.2) is 123 Å². The lowest BCUT2D eigenvalue weighted by Gasteiger charge is -2.32. The second kappa shape index (κ2) is 16.6. The van der Waals surface area contributed by atoms with Gasteiger partial charge < -0.3 is 30.1 Å². The number of carbonyl (C=O) groups is 5. The maximum absolute atomic E-state index is 13.8. The molecule has 3 fully saturated rings. The number of rotatable bonds is 14. The van der Waals surface area contributed by atoms with Crippen LogP contribution in [0.25, 0.3) is 11.0 Å². The summed E-state index contributed by atoms with van der Waals surface area (Å²) in [5, 5.41) is 19.8. The summed E-state index contributed by atoms with van der Waals surface area (Å²) < 4.78 is 39.9. The topological polar surface area (TPSA) is 214 Å². The molecule has 17 nitrogen and oxygen atoms in total. The zero-order chi connectivity index (χ0) is 40.4. The molecule has 304 valence electrons. The Bertz CT molecular complexity index is 2140. The number of pyridine rings is 1. The van der Waals surface area contributed by atoms with Crippen LogP contribution in [0.4, 0.5) is 20.4 Å². The van der Waals surface area contributed by atoms with Crippen molar-refractivity contribution in [3.05, 3.63) is 57.5 Å². The maximum atomic E-state index is 13.8. The molecule has 4 N–H and O–H groups in total. The summed E-state index contributed by atoms with van der Waals surface area (Å²) >= 11 is 0. The highest BCUT2D eigenvalue weighted by Gasteiger charge is 2.46. The molecule has 2 aromatic heterocycles. The Morgan fingerprint density at radius 3 is 2.54 bits per heavy atom. The van der Waals surface area contributed by atoms with Gasteiger partial charge in [-0.1, -0.05) is 6.07 Å². The van der Waals surface area contributed by atoms with Crippen molar-refractivity contribution in [3.63, 3.8) is 0 Å². The van der Waals surface area contributed by atoms with Crippen molar-refractivity contribution in [1.82, 2.24) is 29.7 Å². The molecule has 2 saturated heterocycles. The first kappa shape index (κ1) is 39.8. The van der Waals surface area contributed by atoms with E-state index in [2.05, 4.69) is 25.9 Å². The predicted molar refractivity (Wildman–Crippen MR) is 199 cm³/mol. The second-order valence-electron chi connectivity index (χ2n) is 14.9. The molecular formula is C38H44F2N8O9. The van der Waals surface area contributed by atoms with Crippen molar-refractivity contribution in [2.75, 3.05) is 56.7 Å². The molecule has 5 amide bonds. The van der Waals surface area contributed by atoms with Gasteiger partial charge in [-0.05, 0) is 63.6 Å². The molecule has 5 heterocycles. The van der Waals surface area contributed by atoms with Crippen molar-refractivity contribution < 1.29 is 47.3 Å². The number of likely N-dealkylation sites (tertiary alicyclic amines) is 1. The number of fused-ring (bicyclic) bond motifs is 2. The van der Waals surface area contributed by atoms with Crippen molar-refractivity contribution in [2.24, 2.45) is 0 Å². The average Bonchev–Trinajstić information content (AvgIpc) is 3.66. The van der Waals surface area contributed by atoms with Gasteiger partial charge >= 0.3 is 0 Å². The zero-order valence-corrected chi connectivity index (χ0v) is 31.3. The molecule has 1 aromatic carbocycles. The molecular weight excluding hydrogens is 750 g/mol. The number of imide groups is 2. The fourth-order valence-electron chi connectivity index (χ4n) is 8.04. The Balaban J connectivity index is 0.830. The number of amides is 5. The SMILES string of the molecule is C[C@@]1(O)CCC[C@H]1n1c(=O)c(C(F)F)cc2cnc(NC3CCN(C(=O)COCCOCCNc4cccc5c4C(=O)N(C4CCC(=O)NC4=O)C5=O)CC3)nc21. The second-order valence-corrected chi connectivity index (χ2v) is 14.9. The lowest BCUT2D eigenvalue weighted by Crippen LogP contribution is -2.54. The van der Waals surface area contributed by atoms with Crippen LogP contribution in [0.2, 0.25) is 0 Å². The molecule has 7 rings (SSSR count). The van der Waals surface area contributed by atoms with Gasteiger partial charge in [-0.15, -0.1) is 0 Å². The Morgan fingerprint density at radius 1 is 1.05 bits per heavy atom. The van der Waals surface area contributed by atoms with Crippen LogP contribution in [0.15, 0.2) is 35.3 Å². The number of ether oxygens (including phenoxy) is 2. The molecule has 1 aliphatic carbocycles. The number of piperidine rings is 2. The zero-order valence-electron chi connectivity index (χ0n) is 31.3. The Kier molecular flexibility index (Phi) is 11.6. The fourth-order valence-corrected chi connectivity index (χ4v) is 8.04. The van der Waals surface area contributed by atoms with Gasteiger partial charge in [0.1, 0.15) is 18.3 Å². The van der Waals surface area contributed by atoms with Gasteiger partial charge in [0.2, 0.25) is 23.7 Å². The van der Waals surface area contributed by atoms with E-state index < -0.39 is 58.9 Å². The number of aliphatic hydroxyl groups is 1. The van der Waals surface area contributed by atoms with Crippen molar-refractivity contribution in [2.45, 2.75) is 82.0 Å². The first-order chi connectivity index (χ1) is 27.3. The van der Waals surface area contributed by atoms with Crippen molar-refractivity contribution in [1.29, 1.82) is 0 Å². The van der Waals surface area contributed by atoms with Crippen LogP contribution < -0.4 is 21.5 Å². The van der Waals surface area contributed by atoms with Crippen LogP contribution in [0.5, 0.6) is 0 Å². The highest BCUT2D eigenvalue weighted by molar-refractivity contribution is 6.25. The number of carbonyl (C=O) groups excluding carboxylic acids is 5. The van der Waals surface area contributed by atoms with Gasteiger partial charge in [-0.3, -0.25) is 43.6 Å². The summed E-state index contributed by atoms with van der Waals surface area (Å²) in [6.07, 6.45) is 1.18. The van der Waals surface area contributed by atoms with Gasteiger partial charge in [0.05, 0.1) is 48.2 Å². The van der Waals surface area contributed by atoms with Crippen LogP contribution >= 0.6 is 0 Å². The Hall–Kier alpha value is -5.40. The minimum atomic E-state index is -2.99. The summed E-state index contributed by atoms with van der Waals surface area (Å²) in [6, 6.07) is 4.05. The summed E-state index contributed by atoms with van der Waals surface area (Å²) in [6.45, 7) is 3.27. The maximum Gasteiger partial charge on any atom is 0.269 e. The molecule has 19 heteroatoms. The molecule has 0 bridgehead atoms. The number of nitrogens with zero attached hydrogens (tertiary/aromatic N) is 5. The molecule has 1 unspecified atom stereocenters. The molecule has 0 spiro atoms. The molecule has 3 aliphatic heterocycles. The van der Waals surface area contributed by atoms with Gasteiger partial charge in [0.15, 0.2) is 0 Å². The minimum Gasteiger partial charge on any atom is -0.388 e. The number of aromatic nitrogens is 3. The predicted octanol–water partition coefficient (Wildman–Crippen LogP) is 2.15. The van der Waals surface area contributed by atoms with Crippen LogP contribution in [-0.2, 0) is 23.9 Å². The lowest BCUT2D eigenvalue weighted by atomic mass is 9.99. The van der Waals surface area contributed by atoms with Crippen molar-refractivity contribution in [3.8, 4) is 0 Å². The molecule has 3 atom stereocenters. The lowest BCUT2D eigenvalue weighted by molar-refractivity contribution is -0.138. The highest BCUT2D eigenvalue weighted by Crippen LogP contribution is 2.40. The normalized spacial score (nSPS) is 22.8. The van der Waals surface area contributed by atoms with Crippen LogP contribution in [0.1, 0.15) is 90.6 Å². The van der Waals surface area contributed by atoms with Gasteiger partial charge in [0.25, 0.3) is 23.8 Å². The van der Waals surface area contributed by atoms with Crippen molar-refractivity contribution >= 4 is 52.2 Å². The Morgan fingerprint density at radius 2 is 1.82 bits per heavy atom. The first-order valence-corrected chi connectivity index (χ1v) is 19.0. The number of alkyl halides is 2. The van der Waals surface area contributed by atoms with Gasteiger partial charge in [-0.2, -0.15) is 4.98 Å². The van der Waals surface area contributed by atoms with Gasteiger partial charge in [0, 0.05) is 49.4 Å². The molecule has 57 heavy (non-hydrogen) atoms. The van der Waals surface area contributed by atoms with E-state index in [1.807, 2.05) is 0 Å². The smallest absolute Gasteiger partial charge is 0.269 e. The van der Waals surface area contributed by atoms with E-state index in [1.54, 1.807) is 24.0 Å². The van der Waals surface area contributed by atoms with E-state index in [9.17, 15) is 42.7 Å². The largest absolute Gasteiger partial charge is 0.388 e. The number of halogens is 2. The fraction of sp³-hybridized carbons (Fsp3) is 0.526. The van der Waals surface area contributed by atoms with Gasteiger partial charge in [-0.25, -0.2) is 13.8 Å². The standard InChI is InChI=1S/C38H44F2N8O9/c1-38(55)11-3-6-27(38)48-32-21(18-24(31(39)40)35(48)53)19-42-37(45-32)43-22-9-13-46(14-10-22)29(50)20-57-17-16-56-15-12-41-25-5-2-4-23-30(25)36(54)47(34(23)52)26-7-8-28(49)44-33(26)51/h2,4-5,18-19,22,26-27,31,41,55H,3,6-17,20H2,1H3,(H,42,43,45)(H,44,49,51)/t26?,27-,38-/m1/s1. The summed E-state index contributed by atoms with van der Waals surface area (Å²) in [4.78, 5) is 87.7.